The molecule has 4 aromatic rings. The van der Waals surface area contributed by atoms with Gasteiger partial charge in [0, 0.05) is 23.6 Å². The van der Waals surface area contributed by atoms with E-state index in [-0.39, 0.29) is 18.6 Å². The van der Waals surface area contributed by atoms with Crippen LogP contribution in [0.3, 0.4) is 0 Å². The Kier molecular flexibility index (Phi) is 8.47. The van der Waals surface area contributed by atoms with Crippen LogP contribution < -0.4 is 24.3 Å². The van der Waals surface area contributed by atoms with E-state index in [1.165, 1.54) is 0 Å². The molecule has 0 bridgehead atoms. The van der Waals surface area contributed by atoms with E-state index in [9.17, 15) is 9.90 Å². The van der Waals surface area contributed by atoms with Crippen molar-refractivity contribution >= 4 is 28.1 Å². The molecule has 0 fully saturated rings. The highest BCUT2D eigenvalue weighted by atomic mass is 32.1. The number of rotatable bonds is 11. The highest BCUT2D eigenvalue weighted by Gasteiger charge is 2.21. The molecule has 9 heteroatoms. The number of aliphatic hydroxyl groups is 1. The first-order valence-corrected chi connectivity index (χ1v) is 12.7. The summed E-state index contributed by atoms with van der Waals surface area (Å²) in [6.45, 7) is -0.0311. The average molecular weight is 523 g/mol. The number of ether oxygens (including phenoxy) is 4. The second kappa shape index (κ2) is 11.9. The topological polar surface area (TPSA) is 99.1 Å². The third-order valence-electron chi connectivity index (χ3n) is 6.10. The van der Waals surface area contributed by atoms with Crippen LogP contribution in [0.2, 0.25) is 0 Å². The third kappa shape index (κ3) is 5.79. The zero-order valence-electron chi connectivity index (χ0n) is 21.2. The highest BCUT2D eigenvalue weighted by Crippen LogP contribution is 2.41. The van der Waals surface area contributed by atoms with E-state index in [0.717, 1.165) is 5.56 Å². The standard InChI is InChI=1S/C28H30N2O6S/c1-33-20-5-6-23-21(14-20)22(28(32)29-19(7-9-31)11-17-8-10-37-16-17)15-24(30-23)18-12-25(34-2)27(36-4)26(13-18)35-3/h5-6,8,10,12-16,19,31H,7,9,11H2,1-4H3,(H,29,32)/t19-/m0/s1. The van der Waals surface area contributed by atoms with Crippen LogP contribution in [-0.4, -0.2) is 57.1 Å². The van der Waals surface area contributed by atoms with Gasteiger partial charge in [-0.1, -0.05) is 0 Å². The molecule has 0 saturated carbocycles. The number of carbonyl (C=O) groups excluding carboxylic acids is 1. The van der Waals surface area contributed by atoms with Crippen molar-refractivity contribution in [1.82, 2.24) is 10.3 Å². The van der Waals surface area contributed by atoms with Gasteiger partial charge in [0.2, 0.25) is 5.75 Å². The molecule has 0 saturated heterocycles. The number of hydrogen-bond acceptors (Lipinski definition) is 8. The van der Waals surface area contributed by atoms with E-state index in [0.29, 0.717) is 63.6 Å². The van der Waals surface area contributed by atoms with E-state index >= 15 is 0 Å². The van der Waals surface area contributed by atoms with Gasteiger partial charge in [0.1, 0.15) is 5.75 Å². The Morgan fingerprint density at radius 1 is 1.00 bits per heavy atom. The van der Waals surface area contributed by atoms with Crippen molar-refractivity contribution in [1.29, 1.82) is 0 Å². The number of aliphatic hydroxyl groups excluding tert-OH is 1. The van der Waals surface area contributed by atoms with Crippen LogP contribution in [0, 0.1) is 0 Å². The Hall–Kier alpha value is -3.82. The fourth-order valence-electron chi connectivity index (χ4n) is 4.23. The normalized spacial score (nSPS) is 11.7. The lowest BCUT2D eigenvalue weighted by Crippen LogP contribution is -2.37. The molecule has 8 nitrogen and oxygen atoms in total. The lowest BCUT2D eigenvalue weighted by Gasteiger charge is -2.19. The maximum atomic E-state index is 13.7. The summed E-state index contributed by atoms with van der Waals surface area (Å²) in [5.74, 6) is 1.80. The summed E-state index contributed by atoms with van der Waals surface area (Å²) in [6, 6.07) is 12.6. The van der Waals surface area contributed by atoms with Crippen molar-refractivity contribution < 1.29 is 28.8 Å². The molecule has 0 spiro atoms. The van der Waals surface area contributed by atoms with Crippen molar-refractivity contribution in [2.75, 3.05) is 35.0 Å². The Labute approximate surface area is 219 Å². The van der Waals surface area contributed by atoms with Gasteiger partial charge in [0.25, 0.3) is 5.91 Å². The van der Waals surface area contributed by atoms with Gasteiger partial charge in [-0.25, -0.2) is 4.98 Å². The Balaban J connectivity index is 1.81. The van der Waals surface area contributed by atoms with E-state index in [1.54, 1.807) is 70.1 Å². The maximum absolute atomic E-state index is 13.7. The quantitative estimate of drug-likeness (QED) is 0.294. The molecule has 2 heterocycles. The van der Waals surface area contributed by atoms with Crippen molar-refractivity contribution in [3.63, 3.8) is 0 Å². The summed E-state index contributed by atoms with van der Waals surface area (Å²) in [4.78, 5) is 18.5. The monoisotopic (exact) mass is 522 g/mol. The van der Waals surface area contributed by atoms with Gasteiger partial charge in [-0.05, 0) is 71.6 Å². The lowest BCUT2D eigenvalue weighted by atomic mass is 10.0. The van der Waals surface area contributed by atoms with Gasteiger partial charge in [-0.15, -0.1) is 0 Å². The van der Waals surface area contributed by atoms with E-state index < -0.39 is 0 Å². The Morgan fingerprint density at radius 3 is 2.35 bits per heavy atom. The number of aromatic nitrogens is 1. The number of nitrogens with zero attached hydrogens (tertiary/aromatic N) is 1. The summed E-state index contributed by atoms with van der Waals surface area (Å²) in [6.07, 6.45) is 1.07. The van der Waals surface area contributed by atoms with Crippen molar-refractivity contribution in [2.45, 2.75) is 18.9 Å². The second-order valence-electron chi connectivity index (χ2n) is 8.37. The summed E-state index contributed by atoms with van der Waals surface area (Å²) >= 11 is 1.60. The van der Waals surface area contributed by atoms with Crippen LogP contribution >= 0.6 is 11.3 Å². The number of nitrogens with one attached hydrogen (secondary N) is 1. The zero-order chi connectivity index (χ0) is 26.4. The molecule has 0 aliphatic carbocycles. The predicted octanol–water partition coefficient (Wildman–Crippen LogP) is 4.72. The minimum absolute atomic E-state index is 0.0311. The molecule has 0 radical (unpaired) electrons. The van der Waals surface area contributed by atoms with Crippen molar-refractivity contribution in [3.05, 3.63) is 64.4 Å². The SMILES string of the molecule is COc1ccc2nc(-c3cc(OC)c(OC)c(OC)c3)cc(C(=O)N[C@@H](CCO)Cc3ccsc3)c2c1. The summed E-state index contributed by atoms with van der Waals surface area (Å²) < 4.78 is 21.9. The minimum Gasteiger partial charge on any atom is -0.497 e. The number of benzene rings is 2. The van der Waals surface area contributed by atoms with Gasteiger partial charge in [-0.2, -0.15) is 11.3 Å². The van der Waals surface area contributed by atoms with Crippen LogP contribution in [-0.2, 0) is 6.42 Å². The second-order valence-corrected chi connectivity index (χ2v) is 9.15. The first-order chi connectivity index (χ1) is 18.0. The molecule has 194 valence electrons. The van der Waals surface area contributed by atoms with E-state index in [1.807, 2.05) is 22.9 Å². The molecular formula is C28H30N2O6S. The van der Waals surface area contributed by atoms with Crippen LogP contribution in [0.15, 0.2) is 53.2 Å². The number of methoxy groups -OCH3 is 4. The molecule has 0 aliphatic heterocycles. The van der Waals surface area contributed by atoms with E-state index in [4.69, 9.17) is 23.9 Å². The number of carbonyl (C=O) groups is 1. The Bertz CT molecular complexity index is 1350. The first kappa shape index (κ1) is 26.2. The third-order valence-corrected chi connectivity index (χ3v) is 6.83. The summed E-state index contributed by atoms with van der Waals surface area (Å²) in [5.41, 5.74) is 3.46. The number of fused-ring (bicyclic) bond motifs is 1. The smallest absolute Gasteiger partial charge is 0.252 e. The van der Waals surface area contributed by atoms with Gasteiger partial charge < -0.3 is 29.4 Å². The number of thiophene rings is 1. The van der Waals surface area contributed by atoms with Crippen LogP contribution in [0.1, 0.15) is 22.3 Å². The number of hydrogen-bond donors (Lipinski definition) is 2. The lowest BCUT2D eigenvalue weighted by molar-refractivity contribution is 0.0932. The number of pyridine rings is 1. The Morgan fingerprint density at radius 2 is 1.76 bits per heavy atom. The first-order valence-electron chi connectivity index (χ1n) is 11.7. The minimum atomic E-state index is -0.261. The fourth-order valence-corrected chi connectivity index (χ4v) is 4.92. The zero-order valence-corrected chi connectivity index (χ0v) is 22.1. The molecule has 1 atom stereocenters. The molecule has 37 heavy (non-hydrogen) atoms. The van der Waals surface area contributed by atoms with Gasteiger partial charge in [0.15, 0.2) is 11.5 Å². The molecule has 2 aromatic heterocycles. The highest BCUT2D eigenvalue weighted by molar-refractivity contribution is 7.07. The van der Waals surface area contributed by atoms with Crippen molar-refractivity contribution in [3.8, 4) is 34.3 Å². The molecule has 4 rings (SSSR count). The van der Waals surface area contributed by atoms with Gasteiger partial charge >= 0.3 is 0 Å². The molecule has 2 aromatic carbocycles. The van der Waals surface area contributed by atoms with Gasteiger partial charge in [-0.3, -0.25) is 4.79 Å². The molecule has 2 N–H and O–H groups in total. The average Bonchev–Trinajstić information content (AvgIpc) is 3.44. The maximum Gasteiger partial charge on any atom is 0.252 e. The summed E-state index contributed by atoms with van der Waals surface area (Å²) in [5, 5.41) is 17.4. The predicted molar refractivity (Wildman–Crippen MR) is 144 cm³/mol. The molecule has 0 aliphatic rings. The van der Waals surface area contributed by atoms with Gasteiger partial charge in [0.05, 0.1) is 45.2 Å². The van der Waals surface area contributed by atoms with Crippen LogP contribution in [0.4, 0.5) is 0 Å². The molecule has 0 unspecified atom stereocenters. The van der Waals surface area contributed by atoms with Crippen LogP contribution in [0.25, 0.3) is 22.2 Å². The summed E-state index contributed by atoms with van der Waals surface area (Å²) in [7, 11) is 6.23. The molecule has 1 amide bonds. The largest absolute Gasteiger partial charge is 0.497 e. The number of amides is 1. The van der Waals surface area contributed by atoms with Crippen molar-refractivity contribution in [2.24, 2.45) is 0 Å². The fraction of sp³-hybridized carbons (Fsp3) is 0.286. The molecular weight excluding hydrogens is 492 g/mol. The van der Waals surface area contributed by atoms with Crippen LogP contribution in [0.5, 0.6) is 23.0 Å². The van der Waals surface area contributed by atoms with E-state index in [2.05, 4.69) is 5.32 Å².